The number of carbonyl (C=O) groups is 2. The number of thiophene rings is 1. The van der Waals surface area contributed by atoms with Crippen molar-refractivity contribution in [3.63, 3.8) is 0 Å². The molecule has 0 aliphatic carbocycles. The summed E-state index contributed by atoms with van der Waals surface area (Å²) in [5.41, 5.74) is 1.49. The number of carbonyl (C=O) groups excluding carboxylic acids is 2. The molecule has 34 heavy (non-hydrogen) atoms. The summed E-state index contributed by atoms with van der Waals surface area (Å²) in [7, 11) is 0. The van der Waals surface area contributed by atoms with Crippen LogP contribution in [0.2, 0.25) is 0 Å². The first-order chi connectivity index (χ1) is 16.6. The molecule has 5 rings (SSSR count). The average molecular weight is 476 g/mol. The summed E-state index contributed by atoms with van der Waals surface area (Å²) in [6.45, 7) is 1.06. The summed E-state index contributed by atoms with van der Waals surface area (Å²) >= 11 is 1.47. The van der Waals surface area contributed by atoms with E-state index in [1.165, 1.54) is 23.5 Å². The standard InChI is InChI=1S/C25H22FN5O2S/c26-18-10-12-19(13-11-18)31-24(21-8-5-15-34-21)28-23(29-31)25(33)27-20(17-6-2-1-3-7-17)16-30-14-4-9-22(30)32/h1-3,5-8,10-13,15,20H,4,9,14,16H2,(H,27,33). The summed E-state index contributed by atoms with van der Waals surface area (Å²) in [5, 5.41) is 9.39. The minimum absolute atomic E-state index is 0.00130. The van der Waals surface area contributed by atoms with E-state index in [1.54, 1.807) is 21.7 Å². The second-order valence-corrected chi connectivity index (χ2v) is 8.95. The van der Waals surface area contributed by atoms with Crippen molar-refractivity contribution in [2.75, 3.05) is 13.1 Å². The Morgan fingerprint density at radius 3 is 2.56 bits per heavy atom. The fraction of sp³-hybridized carbons (Fsp3) is 0.200. The molecule has 172 valence electrons. The first-order valence-electron chi connectivity index (χ1n) is 11.0. The minimum Gasteiger partial charge on any atom is -0.341 e. The normalized spacial score (nSPS) is 14.4. The van der Waals surface area contributed by atoms with Gasteiger partial charge in [-0.05, 0) is 47.7 Å². The third-order valence-corrected chi connectivity index (χ3v) is 6.57. The van der Waals surface area contributed by atoms with Gasteiger partial charge in [0.1, 0.15) is 5.82 Å². The van der Waals surface area contributed by atoms with Gasteiger partial charge in [-0.2, -0.15) is 0 Å². The molecule has 7 nitrogen and oxygen atoms in total. The smallest absolute Gasteiger partial charge is 0.291 e. The van der Waals surface area contributed by atoms with Gasteiger partial charge >= 0.3 is 0 Å². The van der Waals surface area contributed by atoms with Gasteiger partial charge in [0.2, 0.25) is 11.7 Å². The van der Waals surface area contributed by atoms with Crippen molar-refractivity contribution >= 4 is 23.2 Å². The highest BCUT2D eigenvalue weighted by Crippen LogP contribution is 2.26. The molecule has 1 saturated heterocycles. The van der Waals surface area contributed by atoms with Gasteiger partial charge < -0.3 is 10.2 Å². The van der Waals surface area contributed by atoms with E-state index in [9.17, 15) is 14.0 Å². The van der Waals surface area contributed by atoms with E-state index in [4.69, 9.17) is 0 Å². The fourth-order valence-corrected chi connectivity index (χ4v) is 4.69. The molecule has 1 fully saturated rings. The molecular weight excluding hydrogens is 453 g/mol. The lowest BCUT2D eigenvalue weighted by Gasteiger charge is -2.24. The molecule has 1 atom stereocenters. The van der Waals surface area contributed by atoms with Crippen molar-refractivity contribution in [3.05, 3.63) is 89.3 Å². The predicted octanol–water partition coefficient (Wildman–Crippen LogP) is 4.23. The SMILES string of the molecule is O=C(NC(CN1CCCC1=O)c1ccccc1)c1nc(-c2cccs2)n(-c2ccc(F)cc2)n1. The molecule has 2 aromatic carbocycles. The van der Waals surface area contributed by atoms with Gasteiger partial charge in [0.05, 0.1) is 16.6 Å². The monoisotopic (exact) mass is 475 g/mol. The number of benzene rings is 2. The molecule has 9 heteroatoms. The van der Waals surface area contributed by atoms with Gasteiger partial charge in [-0.1, -0.05) is 36.4 Å². The molecule has 2 aromatic heterocycles. The van der Waals surface area contributed by atoms with E-state index in [-0.39, 0.29) is 17.5 Å². The highest BCUT2D eigenvalue weighted by molar-refractivity contribution is 7.13. The van der Waals surface area contributed by atoms with Crippen molar-refractivity contribution in [2.45, 2.75) is 18.9 Å². The Morgan fingerprint density at radius 1 is 1.09 bits per heavy atom. The Kier molecular flexibility index (Phi) is 6.18. The van der Waals surface area contributed by atoms with Gasteiger partial charge in [-0.15, -0.1) is 16.4 Å². The largest absolute Gasteiger partial charge is 0.341 e. The zero-order valence-electron chi connectivity index (χ0n) is 18.2. The number of hydrogen-bond acceptors (Lipinski definition) is 5. The van der Waals surface area contributed by atoms with Crippen molar-refractivity contribution < 1.29 is 14.0 Å². The second-order valence-electron chi connectivity index (χ2n) is 8.00. The molecule has 0 radical (unpaired) electrons. The van der Waals surface area contributed by atoms with E-state index in [0.717, 1.165) is 16.9 Å². The van der Waals surface area contributed by atoms with E-state index >= 15 is 0 Å². The fourth-order valence-electron chi connectivity index (χ4n) is 4.00. The van der Waals surface area contributed by atoms with E-state index in [2.05, 4.69) is 15.4 Å². The Hall–Kier alpha value is -3.85. The summed E-state index contributed by atoms with van der Waals surface area (Å²) in [4.78, 5) is 32.6. The van der Waals surface area contributed by atoms with Crippen LogP contribution in [-0.2, 0) is 4.79 Å². The van der Waals surface area contributed by atoms with Crippen molar-refractivity contribution in [1.82, 2.24) is 25.0 Å². The van der Waals surface area contributed by atoms with Crippen LogP contribution in [0.1, 0.15) is 35.1 Å². The third-order valence-electron chi connectivity index (χ3n) is 5.70. The summed E-state index contributed by atoms with van der Waals surface area (Å²) in [6, 6.07) is 18.8. The van der Waals surface area contributed by atoms with Crippen LogP contribution < -0.4 is 5.32 Å². The van der Waals surface area contributed by atoms with E-state index in [0.29, 0.717) is 31.0 Å². The zero-order chi connectivity index (χ0) is 23.5. The molecule has 0 bridgehead atoms. The topological polar surface area (TPSA) is 80.1 Å². The van der Waals surface area contributed by atoms with E-state index in [1.807, 2.05) is 47.8 Å². The highest BCUT2D eigenvalue weighted by Gasteiger charge is 2.27. The van der Waals surface area contributed by atoms with Crippen LogP contribution in [0.4, 0.5) is 4.39 Å². The van der Waals surface area contributed by atoms with Crippen molar-refractivity contribution in [1.29, 1.82) is 0 Å². The van der Waals surface area contributed by atoms with E-state index < -0.39 is 11.9 Å². The number of rotatable bonds is 7. The van der Waals surface area contributed by atoms with Crippen molar-refractivity contribution in [3.8, 4) is 16.4 Å². The van der Waals surface area contributed by atoms with Crippen molar-refractivity contribution in [2.24, 2.45) is 0 Å². The maximum atomic E-state index is 13.5. The number of amides is 2. The lowest BCUT2D eigenvalue weighted by Crippen LogP contribution is -2.39. The van der Waals surface area contributed by atoms with Crippen LogP contribution in [0.25, 0.3) is 16.4 Å². The molecule has 4 aromatic rings. The number of likely N-dealkylation sites (tertiary alicyclic amines) is 1. The Labute approximate surface area is 199 Å². The average Bonchev–Trinajstić information content (AvgIpc) is 3.61. The molecule has 2 amide bonds. The molecule has 1 aliphatic heterocycles. The molecule has 1 N–H and O–H groups in total. The number of hydrogen-bond donors (Lipinski definition) is 1. The van der Waals surface area contributed by atoms with Crippen LogP contribution in [0.5, 0.6) is 0 Å². The second kappa shape index (κ2) is 9.56. The van der Waals surface area contributed by atoms with Crippen LogP contribution in [0.3, 0.4) is 0 Å². The molecular formula is C25H22FN5O2S. The molecule has 1 unspecified atom stereocenters. The zero-order valence-corrected chi connectivity index (χ0v) is 19.0. The maximum Gasteiger partial charge on any atom is 0.291 e. The molecule has 1 aliphatic rings. The maximum absolute atomic E-state index is 13.5. The van der Waals surface area contributed by atoms with Crippen LogP contribution in [0.15, 0.2) is 72.1 Å². The lowest BCUT2D eigenvalue weighted by atomic mass is 10.1. The van der Waals surface area contributed by atoms with Gasteiger partial charge in [-0.25, -0.2) is 14.1 Å². The molecule has 3 heterocycles. The Balaban J connectivity index is 1.46. The number of aromatic nitrogens is 3. The highest BCUT2D eigenvalue weighted by atomic mass is 32.1. The minimum atomic E-state index is -0.445. The Morgan fingerprint density at radius 2 is 1.88 bits per heavy atom. The van der Waals surface area contributed by atoms with Gasteiger partial charge in [-0.3, -0.25) is 9.59 Å². The lowest BCUT2D eigenvalue weighted by molar-refractivity contribution is -0.128. The van der Waals surface area contributed by atoms with Gasteiger partial charge in [0, 0.05) is 19.5 Å². The van der Waals surface area contributed by atoms with Gasteiger partial charge in [0.25, 0.3) is 5.91 Å². The first-order valence-corrected chi connectivity index (χ1v) is 11.9. The summed E-state index contributed by atoms with van der Waals surface area (Å²) < 4.78 is 15.0. The molecule has 0 saturated carbocycles. The first kappa shape index (κ1) is 22.0. The predicted molar refractivity (Wildman–Crippen MR) is 127 cm³/mol. The quantitative estimate of drug-likeness (QED) is 0.434. The van der Waals surface area contributed by atoms with Crippen LogP contribution in [0, 0.1) is 5.82 Å². The molecule has 0 spiro atoms. The Bertz CT molecular complexity index is 1290. The summed E-state index contributed by atoms with van der Waals surface area (Å²) in [5.74, 6) is -0.214. The van der Waals surface area contributed by atoms with Crippen LogP contribution >= 0.6 is 11.3 Å². The van der Waals surface area contributed by atoms with Crippen LogP contribution in [-0.4, -0.2) is 44.6 Å². The number of nitrogens with one attached hydrogen (secondary N) is 1. The third kappa shape index (κ3) is 4.60. The number of halogens is 1. The number of nitrogens with zero attached hydrogens (tertiary/aromatic N) is 4. The summed E-state index contributed by atoms with van der Waals surface area (Å²) in [6.07, 6.45) is 1.35. The van der Waals surface area contributed by atoms with Gasteiger partial charge in [0.15, 0.2) is 5.82 Å².